The van der Waals surface area contributed by atoms with Gasteiger partial charge in [-0.15, -0.1) is 0 Å². The lowest BCUT2D eigenvalue weighted by atomic mass is 10.0. The second-order valence-corrected chi connectivity index (χ2v) is 25.5. The van der Waals surface area contributed by atoms with Gasteiger partial charge in [0.2, 0.25) is 0 Å². The SMILES string of the molecule is C.CCO.Cc1nc(-c2ccccc2O)n(CCc2ccccc2)c(=O)c1-c1ccc(C(F)(F)F)cc1.Cc1nc(-c2ccccc2OCc2ccccc2)n(CCc2ccccc2)c(=O)c1-c1ccc(C(F)(F)F)cc1.Cc1nc(-c2ccccc2OCc2ccccc2)n(CCc2ccccc2)c(=O)c1Br. The van der Waals surface area contributed by atoms with Gasteiger partial charge in [-0.2, -0.15) is 26.3 Å². The fourth-order valence-corrected chi connectivity index (χ4v) is 12.2. The first-order chi connectivity index (χ1) is 51.6. The molecule has 20 heteroatoms. The van der Waals surface area contributed by atoms with Crippen molar-refractivity contribution in [1.82, 2.24) is 28.7 Å². The monoisotopic (exact) mass is 1530 g/mol. The number of alkyl halides is 6. The summed E-state index contributed by atoms with van der Waals surface area (Å²) in [6.45, 7) is 9.03. The summed E-state index contributed by atoms with van der Waals surface area (Å²) in [5.74, 6) is 2.63. The Labute approximate surface area is 631 Å². The Balaban J connectivity index is 0.000000184. The first-order valence-electron chi connectivity index (χ1n) is 34.5. The zero-order valence-corrected chi connectivity index (χ0v) is 60.7. The van der Waals surface area contributed by atoms with Gasteiger partial charge in [0, 0.05) is 26.2 Å². The second-order valence-electron chi connectivity index (χ2n) is 24.7. The maximum atomic E-state index is 14.0. The minimum Gasteiger partial charge on any atom is -0.507 e. The average Bonchev–Trinajstić information content (AvgIpc) is 0.778. The molecule has 13 rings (SSSR count). The van der Waals surface area contributed by atoms with Crippen LogP contribution in [0.15, 0.2) is 292 Å². The van der Waals surface area contributed by atoms with Gasteiger partial charge in [0.15, 0.2) is 0 Å². The summed E-state index contributed by atoms with van der Waals surface area (Å²) in [5.41, 5.74) is 7.55. The van der Waals surface area contributed by atoms with E-state index in [9.17, 15) is 45.8 Å². The Morgan fingerprint density at radius 2 is 0.657 bits per heavy atom. The largest absolute Gasteiger partial charge is 0.507 e. The minimum atomic E-state index is -4.46. The van der Waals surface area contributed by atoms with Crippen LogP contribution in [0.3, 0.4) is 0 Å². The molecule has 3 heterocycles. The molecule has 0 aliphatic rings. The maximum absolute atomic E-state index is 14.0. The Hall–Kier alpha value is -11.7. The Morgan fingerprint density at radius 3 is 0.991 bits per heavy atom. The third kappa shape index (κ3) is 20.9. The van der Waals surface area contributed by atoms with Gasteiger partial charge in [-0.1, -0.05) is 220 Å². The van der Waals surface area contributed by atoms with E-state index < -0.39 is 23.5 Å². The molecule has 3 aromatic heterocycles. The van der Waals surface area contributed by atoms with Crippen molar-refractivity contribution in [3.63, 3.8) is 0 Å². The van der Waals surface area contributed by atoms with E-state index in [1.165, 1.54) is 40.5 Å². The van der Waals surface area contributed by atoms with Gasteiger partial charge in [-0.3, -0.25) is 28.1 Å². The van der Waals surface area contributed by atoms with Crippen molar-refractivity contribution in [3.05, 3.63) is 365 Å². The fraction of sp³-hybridized carbons (Fsp3) is 0.182. The van der Waals surface area contributed by atoms with Crippen molar-refractivity contribution in [2.45, 2.75) is 99.6 Å². The van der Waals surface area contributed by atoms with E-state index in [4.69, 9.17) is 24.5 Å². The number of nitrogens with zero attached hydrogens (tertiary/aromatic N) is 6. The van der Waals surface area contributed by atoms with Crippen LogP contribution in [-0.4, -0.2) is 45.5 Å². The molecular weight excluding hydrogens is 1450 g/mol. The second kappa shape index (κ2) is 38.0. The van der Waals surface area contributed by atoms with E-state index in [1.54, 1.807) is 48.1 Å². The fourth-order valence-electron chi connectivity index (χ4n) is 11.9. The number of aromatic nitrogens is 6. The number of aromatic hydroxyl groups is 1. The highest BCUT2D eigenvalue weighted by molar-refractivity contribution is 9.10. The molecule has 13 aromatic rings. The van der Waals surface area contributed by atoms with Crippen LogP contribution in [0.5, 0.6) is 17.2 Å². The molecule has 0 aliphatic heterocycles. The number of phenolic OH excluding ortho intramolecular Hbond substituents is 1. The lowest BCUT2D eigenvalue weighted by Crippen LogP contribution is -2.27. The molecule has 0 fully saturated rings. The molecule has 554 valence electrons. The van der Waals surface area contributed by atoms with Gasteiger partial charge >= 0.3 is 12.4 Å². The molecule has 0 unspecified atom stereocenters. The first kappa shape index (κ1) is 80.4. The highest BCUT2D eigenvalue weighted by atomic mass is 79.9. The zero-order chi connectivity index (χ0) is 76.0. The molecule has 0 radical (unpaired) electrons. The van der Waals surface area contributed by atoms with E-state index in [0.29, 0.717) is 112 Å². The molecule has 0 spiro atoms. The van der Waals surface area contributed by atoms with Crippen LogP contribution in [0.1, 0.15) is 70.4 Å². The number of ether oxygens (including phenoxy) is 2. The summed E-state index contributed by atoms with van der Waals surface area (Å²) in [6.07, 6.45) is -7.08. The lowest BCUT2D eigenvalue weighted by molar-refractivity contribution is -0.138. The molecular formula is C88H81BrF6N6O7. The standard InChI is InChI=1S/C33H27F3N2O2.C26H23BrN2O2.C26H21F3N2O2.C2H6O.CH4/c1-23-30(26-16-18-27(19-17-26)33(34,35)36)32(39)38(21-20-24-10-4-2-5-11-24)31(37-23)28-14-8-9-15-29(28)40-22-25-12-6-3-7-13-25;1-19-24(27)26(30)29(17-16-20-10-4-2-5-11-20)25(28-19)22-14-8-9-15-23(22)31-18-21-12-6-3-7-13-21;1-17-23(19-11-13-20(14-12-19)26(27,28)29)25(33)31(16-15-18-7-3-2-4-8-18)24(30-17)21-9-5-6-10-22(21)32;1-2-3;/h2-19H,20-22H2,1H3;2-15H,16-18H2,1H3;2-14,32H,15-16H2,1H3;3H,2H2,1H3;1H4. The van der Waals surface area contributed by atoms with Crippen molar-refractivity contribution in [1.29, 1.82) is 0 Å². The van der Waals surface area contributed by atoms with Crippen LogP contribution >= 0.6 is 15.9 Å². The van der Waals surface area contributed by atoms with Gasteiger partial charge in [-0.25, -0.2) is 15.0 Å². The topological polar surface area (TPSA) is 164 Å². The Kier molecular flexibility index (Phi) is 28.3. The lowest BCUT2D eigenvalue weighted by Gasteiger charge is -2.19. The number of halogens is 7. The molecule has 0 atom stereocenters. The highest BCUT2D eigenvalue weighted by Crippen LogP contribution is 2.36. The molecule has 13 nitrogen and oxygen atoms in total. The van der Waals surface area contributed by atoms with Gasteiger partial charge in [0.05, 0.1) is 56.0 Å². The number of benzene rings is 10. The summed E-state index contributed by atoms with van der Waals surface area (Å²) >= 11 is 3.42. The number of aryl methyl sites for hydroxylation is 6. The third-order valence-corrected chi connectivity index (χ3v) is 18.2. The van der Waals surface area contributed by atoms with E-state index >= 15 is 0 Å². The summed E-state index contributed by atoms with van der Waals surface area (Å²) in [5, 5.41) is 18.0. The molecule has 0 bridgehead atoms. The molecule has 0 aliphatic carbocycles. The van der Waals surface area contributed by atoms with Crippen molar-refractivity contribution >= 4 is 15.9 Å². The predicted octanol–water partition coefficient (Wildman–Crippen LogP) is 20.0. The molecule has 0 saturated heterocycles. The van der Waals surface area contributed by atoms with Crippen molar-refractivity contribution < 1.29 is 46.0 Å². The minimum absolute atomic E-state index is 0. The van der Waals surface area contributed by atoms with Crippen LogP contribution < -0.4 is 26.2 Å². The number of hydrogen-bond donors (Lipinski definition) is 2. The molecule has 108 heavy (non-hydrogen) atoms. The number of aliphatic hydroxyl groups is 1. The number of aliphatic hydroxyl groups excluding tert-OH is 1. The van der Waals surface area contributed by atoms with E-state index in [0.717, 1.165) is 58.5 Å². The maximum Gasteiger partial charge on any atom is 0.416 e. The van der Waals surface area contributed by atoms with E-state index in [-0.39, 0.29) is 54.1 Å². The number of phenols is 1. The van der Waals surface area contributed by atoms with Crippen LogP contribution in [0.25, 0.3) is 56.4 Å². The quantitative estimate of drug-likeness (QED) is 0.0702. The predicted molar refractivity (Wildman–Crippen MR) is 418 cm³/mol. The van der Waals surface area contributed by atoms with Crippen LogP contribution in [-0.2, 0) is 64.5 Å². The van der Waals surface area contributed by atoms with Crippen LogP contribution in [0, 0.1) is 20.8 Å². The summed E-state index contributed by atoms with van der Waals surface area (Å²) in [6, 6.07) is 80.2. The smallest absolute Gasteiger partial charge is 0.416 e. The van der Waals surface area contributed by atoms with Gasteiger partial charge in [-0.05, 0) is 162 Å². The normalized spacial score (nSPS) is 11.0. The molecule has 0 amide bonds. The van der Waals surface area contributed by atoms with Crippen molar-refractivity contribution in [2.24, 2.45) is 0 Å². The molecule has 10 aromatic carbocycles. The third-order valence-electron chi connectivity index (χ3n) is 17.3. The van der Waals surface area contributed by atoms with Crippen molar-refractivity contribution in [2.75, 3.05) is 6.61 Å². The first-order valence-corrected chi connectivity index (χ1v) is 35.3. The van der Waals surface area contributed by atoms with Gasteiger partial charge in [0.1, 0.15) is 52.4 Å². The summed E-state index contributed by atoms with van der Waals surface area (Å²) in [7, 11) is 0. The van der Waals surface area contributed by atoms with Crippen LogP contribution in [0.2, 0.25) is 0 Å². The average molecular weight is 1530 g/mol. The summed E-state index contributed by atoms with van der Waals surface area (Å²) in [4.78, 5) is 55.0. The van der Waals surface area contributed by atoms with Crippen molar-refractivity contribution in [3.8, 4) is 73.7 Å². The van der Waals surface area contributed by atoms with Gasteiger partial charge < -0.3 is 19.7 Å². The summed E-state index contributed by atoms with van der Waals surface area (Å²) < 4.78 is 96.1. The number of rotatable bonds is 20. The highest BCUT2D eigenvalue weighted by Gasteiger charge is 2.32. The van der Waals surface area contributed by atoms with E-state index in [2.05, 4.69) is 33.0 Å². The molecule has 2 N–H and O–H groups in total. The van der Waals surface area contributed by atoms with Crippen LogP contribution in [0.4, 0.5) is 26.3 Å². The van der Waals surface area contributed by atoms with Gasteiger partial charge in [0.25, 0.3) is 16.7 Å². The molecule has 0 saturated carbocycles. The Bertz CT molecular complexity index is 5260. The Morgan fingerprint density at radius 1 is 0.380 bits per heavy atom. The van der Waals surface area contributed by atoms with E-state index in [1.807, 2.05) is 195 Å². The zero-order valence-electron chi connectivity index (χ0n) is 59.1. The number of para-hydroxylation sites is 3. The number of hydrogen-bond acceptors (Lipinski definition) is 10.